The summed E-state index contributed by atoms with van der Waals surface area (Å²) in [4.78, 5) is 23.1. The lowest BCUT2D eigenvalue weighted by molar-refractivity contribution is 0.0695. The first-order chi connectivity index (χ1) is 11.3. The standard InChI is InChI=1S/C17H14Cl2O5/c1-8-3-4-9(16(20)21)10(14(8)17(22)23)7-11-12(18)5-6-13(24-2)15(11)19/h3-6H,7H2,1-2H3,(H,20,21)(H,22,23). The van der Waals surface area contributed by atoms with E-state index >= 15 is 0 Å². The Bertz CT molecular complexity index is 830. The number of aromatic carboxylic acids is 2. The number of benzene rings is 2. The lowest BCUT2D eigenvalue weighted by Gasteiger charge is -2.15. The van der Waals surface area contributed by atoms with Crippen LogP contribution in [0.1, 0.15) is 37.4 Å². The zero-order valence-electron chi connectivity index (χ0n) is 12.9. The Morgan fingerprint density at radius 1 is 1.04 bits per heavy atom. The van der Waals surface area contributed by atoms with Gasteiger partial charge in [0.2, 0.25) is 0 Å². The highest BCUT2D eigenvalue weighted by molar-refractivity contribution is 6.37. The molecule has 2 aromatic rings. The van der Waals surface area contributed by atoms with Crippen molar-refractivity contribution in [1.82, 2.24) is 0 Å². The molecule has 0 bridgehead atoms. The molecule has 0 aliphatic rings. The number of ether oxygens (including phenoxy) is 1. The van der Waals surface area contributed by atoms with Crippen molar-refractivity contribution in [1.29, 1.82) is 0 Å². The second-order valence-corrected chi connectivity index (χ2v) is 5.90. The van der Waals surface area contributed by atoms with Gasteiger partial charge in [-0.3, -0.25) is 0 Å². The Labute approximate surface area is 148 Å². The SMILES string of the molecule is COc1ccc(Cl)c(Cc2c(C(=O)O)ccc(C)c2C(=O)O)c1Cl. The lowest BCUT2D eigenvalue weighted by atomic mass is 9.91. The topological polar surface area (TPSA) is 83.8 Å². The van der Waals surface area contributed by atoms with Crippen LogP contribution in [0.2, 0.25) is 10.0 Å². The molecule has 0 heterocycles. The molecule has 0 aromatic heterocycles. The van der Waals surface area contributed by atoms with Crippen molar-refractivity contribution in [2.24, 2.45) is 0 Å². The highest BCUT2D eigenvalue weighted by Gasteiger charge is 2.23. The van der Waals surface area contributed by atoms with Crippen molar-refractivity contribution in [2.75, 3.05) is 7.11 Å². The van der Waals surface area contributed by atoms with E-state index in [-0.39, 0.29) is 28.1 Å². The van der Waals surface area contributed by atoms with Gasteiger partial charge in [-0.25, -0.2) is 9.59 Å². The van der Waals surface area contributed by atoms with Gasteiger partial charge in [0.25, 0.3) is 0 Å². The van der Waals surface area contributed by atoms with Gasteiger partial charge in [-0.05, 0) is 41.8 Å². The van der Waals surface area contributed by atoms with Gasteiger partial charge in [-0.2, -0.15) is 0 Å². The van der Waals surface area contributed by atoms with Gasteiger partial charge in [0.15, 0.2) is 0 Å². The van der Waals surface area contributed by atoms with Crippen LogP contribution in [-0.2, 0) is 6.42 Å². The van der Waals surface area contributed by atoms with E-state index in [1.54, 1.807) is 19.1 Å². The minimum atomic E-state index is -1.22. The first kappa shape index (κ1) is 18.1. The molecule has 2 rings (SSSR count). The second kappa shape index (κ2) is 7.11. The van der Waals surface area contributed by atoms with Crippen molar-refractivity contribution in [3.63, 3.8) is 0 Å². The number of hydrogen-bond acceptors (Lipinski definition) is 3. The van der Waals surface area contributed by atoms with Crippen molar-refractivity contribution in [3.05, 3.63) is 62.1 Å². The van der Waals surface area contributed by atoms with Crippen LogP contribution < -0.4 is 4.74 Å². The van der Waals surface area contributed by atoms with Crippen LogP contribution >= 0.6 is 23.2 Å². The van der Waals surface area contributed by atoms with Gasteiger partial charge in [0, 0.05) is 11.4 Å². The molecule has 2 N–H and O–H groups in total. The van der Waals surface area contributed by atoms with Crippen molar-refractivity contribution in [3.8, 4) is 5.75 Å². The summed E-state index contributed by atoms with van der Waals surface area (Å²) in [6.07, 6.45) is -0.0419. The Morgan fingerprint density at radius 3 is 2.25 bits per heavy atom. The Hall–Kier alpha value is -2.24. The lowest BCUT2D eigenvalue weighted by Crippen LogP contribution is -2.13. The maximum Gasteiger partial charge on any atom is 0.336 e. The van der Waals surface area contributed by atoms with Gasteiger partial charge in [-0.15, -0.1) is 0 Å². The normalized spacial score (nSPS) is 10.5. The van der Waals surface area contributed by atoms with Crippen LogP contribution in [0, 0.1) is 6.92 Å². The van der Waals surface area contributed by atoms with Crippen molar-refractivity contribution >= 4 is 35.1 Å². The zero-order valence-corrected chi connectivity index (χ0v) is 14.4. The molecule has 0 radical (unpaired) electrons. The van der Waals surface area contributed by atoms with Crippen LogP contribution in [0.3, 0.4) is 0 Å². The zero-order chi connectivity index (χ0) is 18.0. The molecule has 0 unspecified atom stereocenters. The number of aryl methyl sites for hydroxylation is 1. The third-order valence-corrected chi connectivity index (χ3v) is 4.46. The van der Waals surface area contributed by atoms with Crippen molar-refractivity contribution < 1.29 is 24.5 Å². The predicted molar refractivity (Wildman–Crippen MR) is 90.9 cm³/mol. The number of rotatable bonds is 5. The van der Waals surface area contributed by atoms with E-state index in [0.29, 0.717) is 21.9 Å². The summed E-state index contributed by atoms with van der Waals surface area (Å²) >= 11 is 12.4. The third kappa shape index (κ3) is 3.32. The fraction of sp³-hybridized carbons (Fsp3) is 0.176. The molecule has 0 fully saturated rings. The number of hydrogen-bond donors (Lipinski definition) is 2. The van der Waals surface area contributed by atoms with E-state index in [2.05, 4.69) is 0 Å². The molecule has 0 amide bonds. The summed E-state index contributed by atoms with van der Waals surface area (Å²) in [6, 6.07) is 5.99. The number of halogens is 2. The molecular formula is C17H14Cl2O5. The van der Waals surface area contributed by atoms with E-state index in [9.17, 15) is 19.8 Å². The van der Waals surface area contributed by atoms with Gasteiger partial charge in [-0.1, -0.05) is 29.3 Å². The van der Waals surface area contributed by atoms with Crippen LogP contribution in [0.25, 0.3) is 0 Å². The summed E-state index contributed by atoms with van der Waals surface area (Å²) in [6.45, 7) is 1.60. The van der Waals surface area contributed by atoms with E-state index in [1.165, 1.54) is 19.2 Å². The molecule has 2 aromatic carbocycles. The summed E-state index contributed by atoms with van der Waals surface area (Å²) in [5.74, 6) is -2.05. The number of carbonyl (C=O) groups is 2. The Balaban J connectivity index is 2.72. The van der Waals surface area contributed by atoms with Gasteiger partial charge >= 0.3 is 11.9 Å². The van der Waals surface area contributed by atoms with Gasteiger partial charge in [0.1, 0.15) is 5.75 Å². The molecule has 126 valence electrons. The fourth-order valence-electron chi connectivity index (χ4n) is 2.52. The summed E-state index contributed by atoms with van der Waals surface area (Å²) in [5, 5.41) is 19.4. The molecular weight excluding hydrogens is 355 g/mol. The Morgan fingerprint density at radius 2 is 1.71 bits per heavy atom. The molecule has 5 nitrogen and oxygen atoms in total. The molecule has 0 atom stereocenters. The van der Waals surface area contributed by atoms with Crippen LogP contribution in [0.5, 0.6) is 5.75 Å². The maximum atomic E-state index is 11.6. The summed E-state index contributed by atoms with van der Waals surface area (Å²) < 4.78 is 5.13. The van der Waals surface area contributed by atoms with Gasteiger partial charge < -0.3 is 14.9 Å². The highest BCUT2D eigenvalue weighted by Crippen LogP contribution is 2.36. The number of carboxylic acid groups (broad SMARTS) is 2. The quantitative estimate of drug-likeness (QED) is 0.821. The summed E-state index contributed by atoms with van der Waals surface area (Å²) in [7, 11) is 1.44. The first-order valence-electron chi connectivity index (χ1n) is 6.87. The minimum absolute atomic E-state index is 0.0419. The van der Waals surface area contributed by atoms with Gasteiger partial charge in [0.05, 0.1) is 23.3 Å². The van der Waals surface area contributed by atoms with Crippen LogP contribution in [0.15, 0.2) is 24.3 Å². The highest BCUT2D eigenvalue weighted by atomic mass is 35.5. The molecule has 0 aliphatic carbocycles. The number of carboxylic acids is 2. The average molecular weight is 369 g/mol. The fourth-order valence-corrected chi connectivity index (χ4v) is 3.10. The molecule has 0 spiro atoms. The van der Waals surface area contributed by atoms with Crippen LogP contribution in [-0.4, -0.2) is 29.3 Å². The van der Waals surface area contributed by atoms with E-state index in [4.69, 9.17) is 27.9 Å². The average Bonchev–Trinajstić information content (AvgIpc) is 2.50. The molecule has 0 saturated heterocycles. The molecule has 0 aliphatic heterocycles. The molecule has 7 heteroatoms. The largest absolute Gasteiger partial charge is 0.495 e. The summed E-state index contributed by atoms with van der Waals surface area (Å²) in [5.41, 5.74) is 0.843. The Kier molecular flexibility index (Phi) is 5.36. The third-order valence-electron chi connectivity index (χ3n) is 3.69. The monoisotopic (exact) mass is 368 g/mol. The van der Waals surface area contributed by atoms with E-state index in [1.807, 2.05) is 0 Å². The first-order valence-corrected chi connectivity index (χ1v) is 7.63. The van der Waals surface area contributed by atoms with Crippen LogP contribution in [0.4, 0.5) is 0 Å². The van der Waals surface area contributed by atoms with E-state index < -0.39 is 11.9 Å². The number of methoxy groups -OCH3 is 1. The molecule has 0 saturated carbocycles. The smallest absolute Gasteiger partial charge is 0.336 e. The maximum absolute atomic E-state index is 11.6. The van der Waals surface area contributed by atoms with Crippen molar-refractivity contribution in [2.45, 2.75) is 13.3 Å². The van der Waals surface area contributed by atoms with E-state index in [0.717, 1.165) is 0 Å². The predicted octanol–water partition coefficient (Wildman–Crippen LogP) is 4.30. The second-order valence-electron chi connectivity index (χ2n) is 5.11. The minimum Gasteiger partial charge on any atom is -0.495 e. The molecule has 24 heavy (non-hydrogen) atoms.